The summed E-state index contributed by atoms with van der Waals surface area (Å²) in [4.78, 5) is 49.9. The fourth-order valence-electron chi connectivity index (χ4n) is 17.1. The van der Waals surface area contributed by atoms with Crippen molar-refractivity contribution in [2.45, 2.75) is 158 Å². The quantitative estimate of drug-likeness (QED) is 0.154. The van der Waals surface area contributed by atoms with Gasteiger partial charge < -0.3 is 18.9 Å². The van der Waals surface area contributed by atoms with Crippen LogP contribution < -0.4 is 0 Å². The molecule has 2 heterocycles. The second-order valence-corrected chi connectivity index (χ2v) is 24.4. The Morgan fingerprint density at radius 3 is 2.18 bits per heavy atom. The van der Waals surface area contributed by atoms with Crippen LogP contribution in [-0.4, -0.2) is 45.5 Å². The van der Waals surface area contributed by atoms with Crippen LogP contribution in [-0.2, 0) is 30.5 Å². The highest BCUT2D eigenvalue weighted by Gasteiger charge is 2.73. The summed E-state index contributed by atoms with van der Waals surface area (Å²) < 4.78 is 18.3. The van der Waals surface area contributed by atoms with Gasteiger partial charge in [-0.05, 0) is 147 Å². The number of aromatic nitrogens is 2. The Kier molecular flexibility index (Phi) is 11.2. The van der Waals surface area contributed by atoms with Crippen molar-refractivity contribution in [3.63, 3.8) is 0 Å². The molecular formula is C57H75N3O6. The zero-order valence-corrected chi connectivity index (χ0v) is 41.1. The van der Waals surface area contributed by atoms with Gasteiger partial charge in [0, 0.05) is 17.5 Å². The van der Waals surface area contributed by atoms with Crippen LogP contribution in [0.25, 0.3) is 11.4 Å². The molecular weight excluding hydrogens is 823 g/mol. The van der Waals surface area contributed by atoms with E-state index in [2.05, 4.69) is 58.2 Å². The number of fused-ring (bicyclic) bond motifs is 7. The minimum absolute atomic E-state index is 0.0832. The molecule has 7 aliphatic rings. The molecule has 1 saturated heterocycles. The number of carbonyl (C=O) groups excluding carboxylic acids is 3. The Bertz CT molecular complexity index is 2360. The van der Waals surface area contributed by atoms with Crippen LogP contribution in [0.2, 0.25) is 0 Å². The Balaban J connectivity index is 0.849. The van der Waals surface area contributed by atoms with Crippen molar-refractivity contribution >= 4 is 17.8 Å². The Morgan fingerprint density at radius 2 is 1.47 bits per heavy atom. The highest BCUT2D eigenvalue weighted by molar-refractivity contribution is 5.85. The minimum Gasteiger partial charge on any atom is -0.462 e. The van der Waals surface area contributed by atoms with E-state index in [0.29, 0.717) is 47.7 Å². The number of benzene rings is 2. The van der Waals surface area contributed by atoms with Crippen molar-refractivity contribution in [3.05, 3.63) is 84.3 Å². The molecule has 13 atom stereocenters. The van der Waals surface area contributed by atoms with Gasteiger partial charge in [0.1, 0.15) is 18.8 Å². The molecule has 9 heteroatoms. The first-order chi connectivity index (χ1) is 31.4. The number of hydrogen-bond acceptors (Lipinski definition) is 8. The first-order valence-corrected chi connectivity index (χ1v) is 25.6. The number of likely N-dealkylation sites (tertiary alicyclic amines) is 1. The fourth-order valence-corrected chi connectivity index (χ4v) is 17.1. The number of allylic oxidation sites excluding steroid dienone is 1. The Labute approximate surface area is 393 Å². The summed E-state index contributed by atoms with van der Waals surface area (Å²) in [7, 11) is 0. The van der Waals surface area contributed by atoms with E-state index >= 15 is 4.79 Å². The molecule has 2 unspecified atom stereocenters. The van der Waals surface area contributed by atoms with Crippen LogP contribution in [0.1, 0.15) is 156 Å². The summed E-state index contributed by atoms with van der Waals surface area (Å²) in [5.74, 6) is 2.42. The molecule has 6 saturated carbocycles. The molecule has 10 rings (SSSR count). The Morgan fingerprint density at radius 1 is 0.758 bits per heavy atom. The van der Waals surface area contributed by atoms with Crippen LogP contribution in [0.4, 0.5) is 0 Å². The average molecular weight is 898 g/mol. The number of nitrogens with zero attached hydrogens (tertiary/aromatic N) is 3. The third-order valence-corrected chi connectivity index (χ3v) is 21.0. The summed E-state index contributed by atoms with van der Waals surface area (Å²) >= 11 is 0. The standard InChI is InChI=1S/C57H75N3O6/c1-35(2)38-24-29-57(51(63)60-32-16-21-42(60)48-58-47(59-66-48)37-19-14-11-15-20-37)31-30-55(8)39(46(38)57)22-23-44-54(7)27-26-45(53(5,6)43(54)25-28-56(44,55)9)65-50(62)41-33-40(52(41,3)4)49(61)64-34-36-17-12-10-13-18-36/h10-15,17-20,38-46H,1,16,21-34H2,2-9H3/t38-,39+,40?,41?,42+,43-,44+,45-,46+,54-,55+,56+,57-/m0/s1. The van der Waals surface area contributed by atoms with Crippen LogP contribution in [0.3, 0.4) is 0 Å². The van der Waals surface area contributed by atoms with Gasteiger partial charge in [0.2, 0.25) is 17.6 Å². The van der Waals surface area contributed by atoms with Gasteiger partial charge >= 0.3 is 11.9 Å². The summed E-state index contributed by atoms with van der Waals surface area (Å²) in [6.07, 6.45) is 12.5. The lowest BCUT2D eigenvalue weighted by Gasteiger charge is -2.73. The van der Waals surface area contributed by atoms with Crippen LogP contribution in [0, 0.1) is 73.9 Å². The fraction of sp³-hybridized carbons (Fsp3) is 0.667. The second kappa shape index (κ2) is 16.2. The van der Waals surface area contributed by atoms with E-state index in [-0.39, 0.29) is 70.1 Å². The van der Waals surface area contributed by atoms with Gasteiger partial charge in [-0.25, -0.2) is 0 Å². The van der Waals surface area contributed by atoms with Crippen molar-refractivity contribution < 1.29 is 28.4 Å². The normalized spacial score (nSPS) is 39.6. The van der Waals surface area contributed by atoms with Crippen molar-refractivity contribution in [2.24, 2.45) is 73.9 Å². The molecule has 3 aromatic rings. The van der Waals surface area contributed by atoms with E-state index in [1.807, 2.05) is 74.5 Å². The van der Waals surface area contributed by atoms with E-state index in [9.17, 15) is 9.59 Å². The maximum Gasteiger partial charge on any atom is 0.309 e. The van der Waals surface area contributed by atoms with Crippen molar-refractivity contribution in [1.29, 1.82) is 0 Å². The van der Waals surface area contributed by atoms with E-state index < -0.39 is 10.8 Å². The Hall–Kier alpha value is -4.27. The summed E-state index contributed by atoms with van der Waals surface area (Å²) in [6, 6.07) is 19.5. The zero-order valence-electron chi connectivity index (χ0n) is 41.1. The van der Waals surface area contributed by atoms with E-state index in [1.165, 1.54) is 12.0 Å². The molecule has 2 aromatic carbocycles. The molecule has 0 bridgehead atoms. The summed E-state index contributed by atoms with van der Waals surface area (Å²) in [5, 5.41) is 4.37. The number of esters is 2. The first kappa shape index (κ1) is 45.5. The molecule has 354 valence electrons. The lowest BCUT2D eigenvalue weighted by atomic mass is 9.32. The maximum atomic E-state index is 15.6. The predicted molar refractivity (Wildman–Crippen MR) is 254 cm³/mol. The maximum absolute atomic E-state index is 15.6. The molecule has 6 aliphatic carbocycles. The lowest BCUT2D eigenvalue weighted by molar-refractivity contribution is -0.251. The smallest absolute Gasteiger partial charge is 0.309 e. The van der Waals surface area contributed by atoms with Gasteiger partial charge in [-0.1, -0.05) is 126 Å². The van der Waals surface area contributed by atoms with Gasteiger partial charge in [-0.15, -0.1) is 0 Å². The molecule has 0 radical (unpaired) electrons. The molecule has 1 amide bonds. The van der Waals surface area contributed by atoms with Gasteiger partial charge in [0.15, 0.2) is 0 Å². The number of amides is 1. The van der Waals surface area contributed by atoms with Gasteiger partial charge in [0.05, 0.1) is 17.3 Å². The van der Waals surface area contributed by atoms with E-state index in [0.717, 1.165) is 88.3 Å². The van der Waals surface area contributed by atoms with Crippen molar-refractivity contribution in [2.75, 3.05) is 6.54 Å². The minimum atomic E-state index is -0.527. The monoisotopic (exact) mass is 898 g/mol. The predicted octanol–water partition coefficient (Wildman–Crippen LogP) is 12.4. The number of carbonyl (C=O) groups is 3. The van der Waals surface area contributed by atoms with Gasteiger partial charge in [0.25, 0.3) is 0 Å². The van der Waals surface area contributed by atoms with Gasteiger partial charge in [-0.2, -0.15) is 4.98 Å². The molecule has 66 heavy (non-hydrogen) atoms. The summed E-state index contributed by atoms with van der Waals surface area (Å²) in [5.41, 5.74) is 2.29. The number of rotatable bonds is 9. The highest BCUT2D eigenvalue weighted by atomic mass is 16.5. The molecule has 0 spiro atoms. The van der Waals surface area contributed by atoms with Crippen LogP contribution >= 0.6 is 0 Å². The molecule has 7 fully saturated rings. The third kappa shape index (κ3) is 6.75. The molecule has 1 aromatic heterocycles. The lowest BCUT2D eigenvalue weighted by Crippen LogP contribution is -2.67. The highest BCUT2D eigenvalue weighted by Crippen LogP contribution is 2.78. The van der Waals surface area contributed by atoms with Gasteiger partial charge in [-0.3, -0.25) is 14.4 Å². The topological polar surface area (TPSA) is 112 Å². The first-order valence-electron chi connectivity index (χ1n) is 25.6. The SMILES string of the molecule is C=C(C)[C@@H]1CC[C@]2(C(=O)N3CCC[C@@H]3c3nc(-c4ccccc4)no3)CC[C@]3(C)[C@H](CC[C@@H]4[C@@]5(C)CC[C@H](OC(=O)C6CC(C(=O)OCc7ccccc7)C6(C)C)C(C)(C)[C@@H]5CC[C@]43C)[C@@H]12. The zero-order chi connectivity index (χ0) is 46.6. The molecule has 1 aliphatic heterocycles. The van der Waals surface area contributed by atoms with E-state index in [4.69, 9.17) is 19.0 Å². The molecule has 0 N–H and O–H groups in total. The van der Waals surface area contributed by atoms with Crippen LogP contribution in [0.15, 0.2) is 77.3 Å². The second-order valence-electron chi connectivity index (χ2n) is 24.4. The van der Waals surface area contributed by atoms with Crippen molar-refractivity contribution in [3.8, 4) is 11.4 Å². The van der Waals surface area contributed by atoms with E-state index in [1.54, 1.807) is 0 Å². The van der Waals surface area contributed by atoms with Crippen molar-refractivity contribution in [1.82, 2.24) is 15.0 Å². The number of hydrogen-bond donors (Lipinski definition) is 0. The third-order valence-electron chi connectivity index (χ3n) is 21.0. The van der Waals surface area contributed by atoms with Crippen LogP contribution in [0.5, 0.6) is 0 Å². The average Bonchev–Trinajstić information content (AvgIpc) is 4.07. The number of ether oxygens (including phenoxy) is 2. The largest absolute Gasteiger partial charge is 0.462 e. The molecule has 9 nitrogen and oxygen atoms in total. The summed E-state index contributed by atoms with van der Waals surface area (Å²) in [6.45, 7) is 24.5.